The molecule has 0 aliphatic heterocycles. The number of nitrogens with one attached hydrogen (secondary N) is 1. The molecule has 0 aliphatic carbocycles. The van der Waals surface area contributed by atoms with Crippen LogP contribution in [0.25, 0.3) is 0 Å². The first-order chi connectivity index (χ1) is 12.7. The van der Waals surface area contributed by atoms with E-state index in [9.17, 15) is 22.8 Å². The molecular weight excluding hydrogens is 379 g/mol. The Morgan fingerprint density at radius 1 is 1.11 bits per heavy atom. The molecule has 0 saturated carbocycles. The molecule has 0 spiro atoms. The molecule has 0 heterocycles. The maximum Gasteiger partial charge on any atom is 0.416 e. The van der Waals surface area contributed by atoms with E-state index < -0.39 is 23.0 Å². The fourth-order valence-corrected chi connectivity index (χ4v) is 3.27. The number of alkyl halides is 3. The van der Waals surface area contributed by atoms with E-state index in [1.54, 1.807) is 31.2 Å². The molecule has 144 valence electrons. The third kappa shape index (κ3) is 5.75. The molecule has 1 N–H and O–H groups in total. The van der Waals surface area contributed by atoms with Gasteiger partial charge in [0, 0.05) is 11.4 Å². The van der Waals surface area contributed by atoms with Crippen molar-refractivity contribution in [1.29, 1.82) is 0 Å². The van der Waals surface area contributed by atoms with Gasteiger partial charge >= 0.3 is 12.1 Å². The normalized spacial score (nSPS) is 12.3. The van der Waals surface area contributed by atoms with Crippen LogP contribution in [-0.2, 0) is 22.3 Å². The van der Waals surface area contributed by atoms with Crippen molar-refractivity contribution in [2.24, 2.45) is 0 Å². The topological polar surface area (TPSA) is 55.4 Å². The molecule has 1 amide bonds. The molecular formula is C19H18F3NO3S. The molecule has 1 unspecified atom stereocenters. The van der Waals surface area contributed by atoms with Crippen LogP contribution in [0.5, 0.6) is 0 Å². The van der Waals surface area contributed by atoms with Crippen molar-refractivity contribution in [3.63, 3.8) is 0 Å². The zero-order valence-electron chi connectivity index (χ0n) is 14.7. The molecule has 27 heavy (non-hydrogen) atoms. The minimum Gasteiger partial charge on any atom is -0.468 e. The average molecular weight is 397 g/mol. The second-order valence-corrected chi connectivity index (χ2v) is 7.04. The summed E-state index contributed by atoms with van der Waals surface area (Å²) in [4.78, 5) is 24.7. The summed E-state index contributed by atoms with van der Waals surface area (Å²) in [5, 5.41) is 2.19. The summed E-state index contributed by atoms with van der Waals surface area (Å²) >= 11 is 1.20. The van der Waals surface area contributed by atoms with Crippen LogP contribution < -0.4 is 5.32 Å². The van der Waals surface area contributed by atoms with Gasteiger partial charge in [-0.1, -0.05) is 24.3 Å². The van der Waals surface area contributed by atoms with Crippen molar-refractivity contribution in [2.75, 3.05) is 7.11 Å². The number of halogens is 3. The number of methoxy groups -OCH3 is 1. The lowest BCUT2D eigenvalue weighted by atomic mass is 10.1. The van der Waals surface area contributed by atoms with Gasteiger partial charge in [-0.3, -0.25) is 9.59 Å². The lowest BCUT2D eigenvalue weighted by Gasteiger charge is -2.13. The summed E-state index contributed by atoms with van der Waals surface area (Å²) in [6.07, 6.45) is -4.39. The molecule has 8 heteroatoms. The van der Waals surface area contributed by atoms with Gasteiger partial charge in [0.15, 0.2) is 0 Å². The minimum atomic E-state index is -4.39. The Balaban J connectivity index is 2.05. The first-order valence-corrected chi connectivity index (χ1v) is 8.88. The van der Waals surface area contributed by atoms with E-state index in [-0.39, 0.29) is 12.5 Å². The summed E-state index contributed by atoms with van der Waals surface area (Å²) < 4.78 is 42.4. The highest BCUT2D eigenvalue weighted by molar-refractivity contribution is 8.00. The van der Waals surface area contributed by atoms with E-state index in [0.29, 0.717) is 16.0 Å². The molecule has 2 aromatic rings. The van der Waals surface area contributed by atoms with Crippen molar-refractivity contribution in [1.82, 2.24) is 5.32 Å². The lowest BCUT2D eigenvalue weighted by molar-refractivity contribution is -0.139. The lowest BCUT2D eigenvalue weighted by Crippen LogP contribution is -2.24. The van der Waals surface area contributed by atoms with Crippen molar-refractivity contribution < 1.29 is 27.5 Å². The first-order valence-electron chi connectivity index (χ1n) is 8.00. The third-order valence-corrected chi connectivity index (χ3v) is 4.86. The Kier molecular flexibility index (Phi) is 6.90. The van der Waals surface area contributed by atoms with Crippen LogP contribution in [0.3, 0.4) is 0 Å². The molecule has 0 aliphatic rings. The fourth-order valence-electron chi connectivity index (χ4n) is 2.25. The SMILES string of the molecule is COC(=O)C(C)Sc1ccccc1C(=O)NCc1ccc(C(F)(F)F)cc1. The van der Waals surface area contributed by atoms with Crippen molar-refractivity contribution >= 4 is 23.6 Å². The summed E-state index contributed by atoms with van der Waals surface area (Å²) in [5.74, 6) is -0.782. The Morgan fingerprint density at radius 3 is 2.33 bits per heavy atom. The molecule has 0 saturated heterocycles. The number of hydrogen-bond donors (Lipinski definition) is 1. The summed E-state index contributed by atoms with van der Waals surface area (Å²) in [6.45, 7) is 1.76. The summed E-state index contributed by atoms with van der Waals surface area (Å²) in [5.41, 5.74) is 0.186. The van der Waals surface area contributed by atoms with E-state index in [1.165, 1.54) is 31.0 Å². The summed E-state index contributed by atoms with van der Waals surface area (Å²) in [6, 6.07) is 11.4. The molecule has 4 nitrogen and oxygen atoms in total. The van der Waals surface area contributed by atoms with E-state index in [4.69, 9.17) is 0 Å². The van der Waals surface area contributed by atoms with Gasteiger partial charge in [-0.15, -0.1) is 11.8 Å². The predicted molar refractivity (Wildman–Crippen MR) is 96.4 cm³/mol. The van der Waals surface area contributed by atoms with Crippen LogP contribution in [0.15, 0.2) is 53.4 Å². The van der Waals surface area contributed by atoms with E-state index in [0.717, 1.165) is 12.1 Å². The molecule has 0 bridgehead atoms. The molecule has 2 rings (SSSR count). The van der Waals surface area contributed by atoms with Crippen molar-refractivity contribution in [2.45, 2.75) is 29.8 Å². The first kappa shape index (κ1) is 20.8. The highest BCUT2D eigenvalue weighted by Crippen LogP contribution is 2.29. The van der Waals surface area contributed by atoms with Gasteiger partial charge in [0.25, 0.3) is 5.91 Å². The number of rotatable bonds is 6. The second-order valence-electron chi connectivity index (χ2n) is 5.66. The number of ether oxygens (including phenoxy) is 1. The number of thioether (sulfide) groups is 1. The van der Waals surface area contributed by atoms with Crippen LogP contribution in [0.4, 0.5) is 13.2 Å². The fraction of sp³-hybridized carbons (Fsp3) is 0.263. The molecule has 0 radical (unpaired) electrons. The van der Waals surface area contributed by atoms with Gasteiger partial charge < -0.3 is 10.1 Å². The Morgan fingerprint density at radius 2 is 1.74 bits per heavy atom. The van der Waals surface area contributed by atoms with Gasteiger partial charge in [0.1, 0.15) is 5.25 Å². The largest absolute Gasteiger partial charge is 0.468 e. The smallest absolute Gasteiger partial charge is 0.416 e. The maximum atomic E-state index is 12.6. The van der Waals surface area contributed by atoms with Crippen LogP contribution in [0.1, 0.15) is 28.4 Å². The summed E-state index contributed by atoms with van der Waals surface area (Å²) in [7, 11) is 1.29. The monoisotopic (exact) mass is 397 g/mol. The second kappa shape index (κ2) is 8.94. The van der Waals surface area contributed by atoms with Crippen LogP contribution in [0, 0.1) is 0 Å². The zero-order valence-corrected chi connectivity index (χ0v) is 15.5. The van der Waals surface area contributed by atoms with Crippen molar-refractivity contribution in [3.8, 4) is 0 Å². The average Bonchev–Trinajstić information content (AvgIpc) is 2.65. The molecule has 0 fully saturated rings. The number of carbonyl (C=O) groups excluding carboxylic acids is 2. The Bertz CT molecular complexity index is 807. The van der Waals surface area contributed by atoms with Gasteiger partial charge in [0.05, 0.1) is 18.2 Å². The van der Waals surface area contributed by atoms with E-state index in [2.05, 4.69) is 10.1 Å². The Labute approximate surface area is 159 Å². The maximum absolute atomic E-state index is 12.6. The van der Waals surface area contributed by atoms with Gasteiger partial charge in [-0.25, -0.2) is 0 Å². The third-order valence-electron chi connectivity index (χ3n) is 3.70. The zero-order chi connectivity index (χ0) is 20.0. The standard InChI is InChI=1S/C19H18F3NO3S/c1-12(18(25)26-2)27-16-6-4-3-5-15(16)17(24)23-11-13-7-9-14(10-8-13)19(20,21)22/h3-10,12H,11H2,1-2H3,(H,23,24). The number of hydrogen-bond acceptors (Lipinski definition) is 4. The van der Waals surface area contributed by atoms with Crippen LogP contribution in [-0.4, -0.2) is 24.2 Å². The van der Waals surface area contributed by atoms with Gasteiger partial charge in [-0.2, -0.15) is 13.2 Å². The highest BCUT2D eigenvalue weighted by Gasteiger charge is 2.29. The van der Waals surface area contributed by atoms with Gasteiger partial charge in [0.2, 0.25) is 0 Å². The molecule has 1 atom stereocenters. The van der Waals surface area contributed by atoms with Gasteiger partial charge in [-0.05, 0) is 36.8 Å². The minimum absolute atomic E-state index is 0.0858. The highest BCUT2D eigenvalue weighted by atomic mass is 32.2. The molecule has 2 aromatic carbocycles. The number of amides is 1. The number of benzene rings is 2. The van der Waals surface area contributed by atoms with Crippen LogP contribution in [0.2, 0.25) is 0 Å². The van der Waals surface area contributed by atoms with Crippen LogP contribution >= 0.6 is 11.8 Å². The number of esters is 1. The van der Waals surface area contributed by atoms with E-state index >= 15 is 0 Å². The molecule has 0 aromatic heterocycles. The predicted octanol–water partition coefficient (Wildman–Crippen LogP) is 4.29. The quantitative estimate of drug-likeness (QED) is 0.584. The van der Waals surface area contributed by atoms with E-state index in [1.807, 2.05) is 0 Å². The van der Waals surface area contributed by atoms with Crippen molar-refractivity contribution in [3.05, 3.63) is 65.2 Å². The number of carbonyl (C=O) groups is 2. The Hall–Kier alpha value is -2.48.